The van der Waals surface area contributed by atoms with Gasteiger partial charge in [-0.2, -0.15) is 0 Å². The van der Waals surface area contributed by atoms with Crippen LogP contribution in [0.3, 0.4) is 0 Å². The molecule has 0 saturated carbocycles. The fourth-order valence-corrected chi connectivity index (χ4v) is 4.50. The number of piperidine rings is 3. The van der Waals surface area contributed by atoms with Crippen molar-refractivity contribution in [2.45, 2.75) is 39.5 Å². The molecule has 1 aromatic heterocycles. The van der Waals surface area contributed by atoms with E-state index in [2.05, 4.69) is 30.9 Å². The number of aromatic nitrogens is 1. The zero-order valence-corrected chi connectivity index (χ0v) is 14.7. The SMILES string of the molecule is CCc1cc(C)c2ccc(C(=O)CC3CN4CCC3CC4)cc2n1. The van der Waals surface area contributed by atoms with Crippen LogP contribution in [0.5, 0.6) is 0 Å². The maximum atomic E-state index is 12.8. The van der Waals surface area contributed by atoms with Gasteiger partial charge in [0.15, 0.2) is 5.78 Å². The Hall–Kier alpha value is -1.74. The number of rotatable bonds is 4. The molecule has 3 aliphatic rings. The number of benzene rings is 1. The molecule has 1 unspecified atom stereocenters. The Labute approximate surface area is 144 Å². The van der Waals surface area contributed by atoms with Crippen molar-refractivity contribution < 1.29 is 4.79 Å². The summed E-state index contributed by atoms with van der Waals surface area (Å²) in [6.07, 6.45) is 4.17. The van der Waals surface area contributed by atoms with Crippen LogP contribution in [0.25, 0.3) is 10.9 Å². The number of Topliss-reactive ketones (excluding diaryl/α,β-unsaturated/α-hetero) is 1. The predicted octanol–water partition coefficient (Wildman–Crippen LogP) is 4.02. The largest absolute Gasteiger partial charge is 0.303 e. The smallest absolute Gasteiger partial charge is 0.163 e. The Morgan fingerprint density at radius 2 is 2.04 bits per heavy atom. The molecule has 0 aliphatic carbocycles. The van der Waals surface area contributed by atoms with Gasteiger partial charge in [-0.15, -0.1) is 0 Å². The highest BCUT2D eigenvalue weighted by Crippen LogP contribution is 2.35. The molecular formula is C21H26N2O. The molecule has 0 spiro atoms. The number of hydrogen-bond donors (Lipinski definition) is 0. The van der Waals surface area contributed by atoms with Crippen LogP contribution in [0.1, 0.15) is 47.8 Å². The lowest BCUT2D eigenvalue weighted by Crippen LogP contribution is -2.47. The summed E-state index contributed by atoms with van der Waals surface area (Å²) in [6.45, 7) is 7.82. The molecule has 0 N–H and O–H groups in total. The van der Waals surface area contributed by atoms with Crippen LogP contribution in [0.4, 0.5) is 0 Å². The van der Waals surface area contributed by atoms with Gasteiger partial charge in [0.25, 0.3) is 0 Å². The van der Waals surface area contributed by atoms with E-state index in [0.29, 0.717) is 12.3 Å². The van der Waals surface area contributed by atoms with Gasteiger partial charge in [-0.1, -0.05) is 19.1 Å². The molecule has 1 atom stereocenters. The fraction of sp³-hybridized carbons (Fsp3) is 0.524. The lowest BCUT2D eigenvalue weighted by Gasteiger charge is -2.44. The third-order valence-electron chi connectivity index (χ3n) is 5.99. The molecule has 4 heterocycles. The molecule has 3 aliphatic heterocycles. The Bertz CT molecular complexity index is 775. The summed E-state index contributed by atoms with van der Waals surface area (Å²) in [5.74, 6) is 1.59. The molecule has 1 aromatic carbocycles. The molecule has 126 valence electrons. The van der Waals surface area contributed by atoms with Crippen molar-refractivity contribution in [3.05, 3.63) is 41.1 Å². The van der Waals surface area contributed by atoms with Gasteiger partial charge in [-0.05, 0) is 68.8 Å². The normalized spacial score (nSPS) is 26.0. The van der Waals surface area contributed by atoms with Gasteiger partial charge in [-0.25, -0.2) is 0 Å². The summed E-state index contributed by atoms with van der Waals surface area (Å²) in [7, 11) is 0. The van der Waals surface area contributed by atoms with E-state index in [-0.39, 0.29) is 5.78 Å². The standard InChI is InChI=1S/C21H26N2O/c1-3-18-10-14(2)19-5-4-16(11-20(19)22-18)21(24)12-17-13-23-8-6-15(17)7-9-23/h4-5,10-11,15,17H,3,6-9,12-13H2,1-2H3. The van der Waals surface area contributed by atoms with Gasteiger partial charge in [-0.3, -0.25) is 9.78 Å². The summed E-state index contributed by atoms with van der Waals surface area (Å²) < 4.78 is 0. The van der Waals surface area contributed by atoms with Crippen LogP contribution in [0.15, 0.2) is 24.3 Å². The first-order valence-electron chi connectivity index (χ1n) is 9.30. The van der Waals surface area contributed by atoms with Crippen molar-refractivity contribution in [2.24, 2.45) is 11.8 Å². The zero-order chi connectivity index (χ0) is 16.7. The van der Waals surface area contributed by atoms with Crippen molar-refractivity contribution in [1.82, 2.24) is 9.88 Å². The summed E-state index contributed by atoms with van der Waals surface area (Å²) >= 11 is 0. The number of carbonyl (C=O) groups excluding carboxylic acids is 1. The van der Waals surface area contributed by atoms with Gasteiger partial charge >= 0.3 is 0 Å². The van der Waals surface area contributed by atoms with E-state index in [1.54, 1.807) is 0 Å². The average Bonchev–Trinajstić information content (AvgIpc) is 2.62. The minimum atomic E-state index is 0.289. The molecule has 3 heteroatoms. The van der Waals surface area contributed by atoms with E-state index in [1.165, 1.54) is 31.5 Å². The third kappa shape index (κ3) is 2.86. The van der Waals surface area contributed by atoms with Crippen LogP contribution in [-0.2, 0) is 6.42 Å². The number of carbonyl (C=O) groups is 1. The van der Waals surface area contributed by atoms with Gasteiger partial charge in [0.1, 0.15) is 0 Å². The first-order valence-corrected chi connectivity index (χ1v) is 9.30. The fourth-order valence-electron chi connectivity index (χ4n) is 4.50. The number of fused-ring (bicyclic) bond motifs is 4. The second-order valence-electron chi connectivity index (χ2n) is 7.54. The predicted molar refractivity (Wildman–Crippen MR) is 97.5 cm³/mol. The molecule has 3 saturated heterocycles. The molecule has 3 nitrogen and oxygen atoms in total. The van der Waals surface area contributed by atoms with Crippen molar-refractivity contribution >= 4 is 16.7 Å². The molecule has 2 aromatic rings. The van der Waals surface area contributed by atoms with E-state index >= 15 is 0 Å². The Kier molecular flexibility index (Phi) is 4.13. The van der Waals surface area contributed by atoms with Crippen LogP contribution < -0.4 is 0 Å². The first-order chi connectivity index (χ1) is 11.6. The van der Waals surface area contributed by atoms with Crippen LogP contribution in [0, 0.1) is 18.8 Å². The van der Waals surface area contributed by atoms with Gasteiger partial charge in [0.2, 0.25) is 0 Å². The number of aryl methyl sites for hydroxylation is 2. The second-order valence-corrected chi connectivity index (χ2v) is 7.54. The summed E-state index contributed by atoms with van der Waals surface area (Å²) in [4.78, 5) is 20.1. The van der Waals surface area contributed by atoms with E-state index in [9.17, 15) is 4.79 Å². The average molecular weight is 322 g/mol. The number of nitrogens with zero attached hydrogens (tertiary/aromatic N) is 2. The minimum Gasteiger partial charge on any atom is -0.303 e. The third-order valence-corrected chi connectivity index (χ3v) is 5.99. The molecule has 24 heavy (non-hydrogen) atoms. The number of hydrogen-bond acceptors (Lipinski definition) is 3. The van der Waals surface area contributed by atoms with Crippen molar-refractivity contribution in [3.63, 3.8) is 0 Å². The van der Waals surface area contributed by atoms with Gasteiger partial charge in [0.05, 0.1) is 5.52 Å². The molecule has 0 radical (unpaired) electrons. The van der Waals surface area contributed by atoms with Crippen molar-refractivity contribution in [3.8, 4) is 0 Å². The summed E-state index contributed by atoms with van der Waals surface area (Å²) in [6, 6.07) is 8.22. The second kappa shape index (κ2) is 6.29. The van der Waals surface area contributed by atoms with E-state index < -0.39 is 0 Å². The lowest BCUT2D eigenvalue weighted by atomic mass is 9.76. The maximum absolute atomic E-state index is 12.8. The maximum Gasteiger partial charge on any atom is 0.163 e. The Morgan fingerprint density at radius 1 is 1.25 bits per heavy atom. The van der Waals surface area contributed by atoms with Gasteiger partial charge < -0.3 is 4.90 Å². The Balaban J connectivity index is 1.58. The highest BCUT2D eigenvalue weighted by Gasteiger charge is 2.35. The monoisotopic (exact) mass is 322 g/mol. The van der Waals surface area contributed by atoms with E-state index in [1.807, 2.05) is 12.1 Å². The van der Waals surface area contributed by atoms with Crippen LogP contribution in [-0.4, -0.2) is 35.3 Å². The summed E-state index contributed by atoms with van der Waals surface area (Å²) in [5, 5.41) is 1.16. The van der Waals surface area contributed by atoms with Crippen molar-refractivity contribution in [2.75, 3.05) is 19.6 Å². The van der Waals surface area contributed by atoms with E-state index in [4.69, 9.17) is 4.98 Å². The number of ketones is 1. The Morgan fingerprint density at radius 3 is 2.71 bits per heavy atom. The number of pyridine rings is 1. The zero-order valence-electron chi connectivity index (χ0n) is 14.7. The quantitative estimate of drug-likeness (QED) is 0.797. The highest BCUT2D eigenvalue weighted by atomic mass is 16.1. The topological polar surface area (TPSA) is 33.2 Å². The van der Waals surface area contributed by atoms with E-state index in [0.717, 1.165) is 41.0 Å². The summed E-state index contributed by atoms with van der Waals surface area (Å²) in [5.41, 5.74) is 4.14. The van der Waals surface area contributed by atoms with Crippen molar-refractivity contribution in [1.29, 1.82) is 0 Å². The van der Waals surface area contributed by atoms with Crippen LogP contribution >= 0.6 is 0 Å². The molecule has 3 fully saturated rings. The molecule has 2 bridgehead atoms. The first kappa shape index (κ1) is 15.8. The highest BCUT2D eigenvalue weighted by molar-refractivity contribution is 5.99. The molecule has 5 rings (SSSR count). The molecular weight excluding hydrogens is 296 g/mol. The van der Waals surface area contributed by atoms with Gasteiger partial charge in [0, 0.05) is 29.6 Å². The van der Waals surface area contributed by atoms with Crippen LogP contribution in [0.2, 0.25) is 0 Å². The lowest BCUT2D eigenvalue weighted by molar-refractivity contribution is 0.0441. The molecule has 0 amide bonds. The minimum absolute atomic E-state index is 0.289.